The van der Waals surface area contributed by atoms with E-state index in [1.54, 1.807) is 0 Å². The SMILES string of the molecule is C[C@@H]1C(=O)[C@H](C)C(C)(C)N(C)C1(C)C. The highest BCUT2D eigenvalue weighted by atomic mass is 16.1. The second-order valence-electron chi connectivity index (χ2n) is 5.71. The molecule has 1 rings (SSSR count). The molecule has 0 radical (unpaired) electrons. The molecule has 2 heteroatoms. The van der Waals surface area contributed by atoms with E-state index in [0.29, 0.717) is 5.78 Å². The lowest BCUT2D eigenvalue weighted by molar-refractivity contribution is -0.149. The zero-order valence-electron chi connectivity index (χ0n) is 10.5. The van der Waals surface area contributed by atoms with Crippen LogP contribution in [-0.2, 0) is 4.79 Å². The van der Waals surface area contributed by atoms with Crippen LogP contribution in [0.25, 0.3) is 0 Å². The molecule has 0 N–H and O–H groups in total. The molecule has 0 unspecified atom stereocenters. The molecule has 0 aliphatic carbocycles. The van der Waals surface area contributed by atoms with Crippen molar-refractivity contribution >= 4 is 5.78 Å². The third-order valence-corrected chi connectivity index (χ3v) is 4.70. The zero-order chi connectivity index (χ0) is 11.3. The lowest BCUT2D eigenvalue weighted by Gasteiger charge is -2.56. The second-order valence-corrected chi connectivity index (χ2v) is 5.71. The van der Waals surface area contributed by atoms with Gasteiger partial charge in [-0.05, 0) is 34.7 Å². The maximum Gasteiger partial charge on any atom is 0.142 e. The van der Waals surface area contributed by atoms with Crippen LogP contribution >= 0.6 is 0 Å². The van der Waals surface area contributed by atoms with Crippen LogP contribution in [0, 0.1) is 11.8 Å². The summed E-state index contributed by atoms with van der Waals surface area (Å²) in [5.74, 6) is 0.643. The van der Waals surface area contributed by atoms with Crippen molar-refractivity contribution in [2.24, 2.45) is 11.8 Å². The van der Waals surface area contributed by atoms with Gasteiger partial charge in [-0.15, -0.1) is 0 Å². The van der Waals surface area contributed by atoms with Crippen molar-refractivity contribution in [1.82, 2.24) is 4.90 Å². The van der Waals surface area contributed by atoms with Gasteiger partial charge in [0.15, 0.2) is 0 Å². The Balaban J connectivity index is 3.15. The topological polar surface area (TPSA) is 20.3 Å². The fraction of sp³-hybridized carbons (Fsp3) is 0.917. The number of hydrogen-bond donors (Lipinski definition) is 0. The first-order chi connectivity index (χ1) is 6.13. The standard InChI is InChI=1S/C12H23NO/c1-8-10(14)9(2)12(5,6)13(7)11(8,3)4/h8-9H,1-7H3/t8-,9+. The minimum atomic E-state index is -0.0346. The number of carbonyl (C=O) groups excluding carboxylic acids is 1. The van der Waals surface area contributed by atoms with E-state index in [1.165, 1.54) is 0 Å². The van der Waals surface area contributed by atoms with E-state index in [4.69, 9.17) is 0 Å². The highest BCUT2D eigenvalue weighted by Gasteiger charge is 2.51. The van der Waals surface area contributed by atoms with Crippen LogP contribution in [0.4, 0.5) is 0 Å². The minimum absolute atomic E-state index is 0.0346. The van der Waals surface area contributed by atoms with Crippen LogP contribution in [0.3, 0.4) is 0 Å². The predicted molar refractivity (Wildman–Crippen MR) is 59.3 cm³/mol. The van der Waals surface area contributed by atoms with E-state index in [-0.39, 0.29) is 22.9 Å². The Labute approximate surface area is 87.7 Å². The first kappa shape index (κ1) is 11.7. The van der Waals surface area contributed by atoms with E-state index in [2.05, 4.69) is 39.6 Å². The van der Waals surface area contributed by atoms with Gasteiger partial charge in [-0.3, -0.25) is 9.69 Å². The van der Waals surface area contributed by atoms with Crippen LogP contribution in [-0.4, -0.2) is 28.8 Å². The summed E-state index contributed by atoms with van der Waals surface area (Å²) in [6.45, 7) is 12.7. The molecule has 0 bridgehead atoms. The predicted octanol–water partition coefficient (Wildman–Crippen LogP) is 2.33. The Morgan fingerprint density at radius 1 is 1.00 bits per heavy atom. The van der Waals surface area contributed by atoms with Gasteiger partial charge in [-0.1, -0.05) is 13.8 Å². The largest absolute Gasteiger partial charge is 0.299 e. The Morgan fingerprint density at radius 3 is 1.57 bits per heavy atom. The summed E-state index contributed by atoms with van der Waals surface area (Å²) in [5, 5.41) is 0. The van der Waals surface area contributed by atoms with Gasteiger partial charge >= 0.3 is 0 Å². The molecule has 1 saturated heterocycles. The summed E-state index contributed by atoms with van der Waals surface area (Å²) >= 11 is 0. The molecule has 1 aliphatic rings. The summed E-state index contributed by atoms with van der Waals surface area (Å²) in [6.07, 6.45) is 0. The Morgan fingerprint density at radius 2 is 1.29 bits per heavy atom. The zero-order valence-corrected chi connectivity index (χ0v) is 10.5. The molecule has 0 saturated carbocycles. The van der Waals surface area contributed by atoms with E-state index >= 15 is 0 Å². The second kappa shape index (κ2) is 3.06. The summed E-state index contributed by atoms with van der Waals surface area (Å²) in [4.78, 5) is 14.4. The molecule has 14 heavy (non-hydrogen) atoms. The van der Waals surface area contributed by atoms with Crippen LogP contribution in [0.5, 0.6) is 0 Å². The molecular weight excluding hydrogens is 174 g/mol. The summed E-state index contributed by atoms with van der Waals surface area (Å²) in [5.41, 5.74) is -0.0693. The molecule has 0 amide bonds. The smallest absolute Gasteiger partial charge is 0.142 e. The molecular formula is C12H23NO. The minimum Gasteiger partial charge on any atom is -0.299 e. The third kappa shape index (κ3) is 1.31. The highest BCUT2D eigenvalue weighted by molar-refractivity contribution is 5.86. The number of carbonyl (C=O) groups is 1. The van der Waals surface area contributed by atoms with Gasteiger partial charge in [0, 0.05) is 22.9 Å². The average Bonchev–Trinajstić information content (AvgIpc) is 2.11. The van der Waals surface area contributed by atoms with E-state index in [1.807, 2.05) is 13.8 Å². The van der Waals surface area contributed by atoms with Crippen molar-refractivity contribution in [3.63, 3.8) is 0 Å². The van der Waals surface area contributed by atoms with Crippen molar-refractivity contribution < 1.29 is 4.79 Å². The average molecular weight is 197 g/mol. The normalized spacial score (nSPS) is 37.2. The number of piperidine rings is 1. The Kier molecular flexibility index (Phi) is 2.56. The van der Waals surface area contributed by atoms with Gasteiger partial charge in [0.25, 0.3) is 0 Å². The van der Waals surface area contributed by atoms with Crippen LogP contribution in [0.2, 0.25) is 0 Å². The number of hydrogen-bond acceptors (Lipinski definition) is 2. The van der Waals surface area contributed by atoms with Crippen LogP contribution in [0.15, 0.2) is 0 Å². The number of nitrogens with zero attached hydrogens (tertiary/aromatic N) is 1. The van der Waals surface area contributed by atoms with Crippen molar-refractivity contribution in [3.8, 4) is 0 Å². The monoisotopic (exact) mass is 197 g/mol. The highest BCUT2D eigenvalue weighted by Crippen LogP contribution is 2.41. The van der Waals surface area contributed by atoms with Gasteiger partial charge in [-0.2, -0.15) is 0 Å². The van der Waals surface area contributed by atoms with Crippen molar-refractivity contribution in [2.75, 3.05) is 7.05 Å². The fourth-order valence-corrected chi connectivity index (χ4v) is 2.39. The molecule has 1 fully saturated rings. The lowest BCUT2D eigenvalue weighted by atomic mass is 9.67. The summed E-state index contributed by atoms with van der Waals surface area (Å²) < 4.78 is 0. The van der Waals surface area contributed by atoms with Crippen LogP contribution in [0.1, 0.15) is 41.5 Å². The molecule has 0 aromatic carbocycles. The molecule has 0 aromatic rings. The third-order valence-electron chi connectivity index (χ3n) is 4.70. The molecule has 2 nitrogen and oxygen atoms in total. The molecule has 0 aromatic heterocycles. The van der Waals surface area contributed by atoms with Gasteiger partial charge in [-0.25, -0.2) is 0 Å². The summed E-state index contributed by atoms with van der Waals surface area (Å²) in [7, 11) is 2.12. The number of ketones is 1. The molecule has 1 heterocycles. The van der Waals surface area contributed by atoms with E-state index in [0.717, 1.165) is 0 Å². The van der Waals surface area contributed by atoms with Gasteiger partial charge < -0.3 is 0 Å². The fourth-order valence-electron chi connectivity index (χ4n) is 2.39. The lowest BCUT2D eigenvalue weighted by Crippen LogP contribution is -2.66. The van der Waals surface area contributed by atoms with E-state index < -0.39 is 0 Å². The van der Waals surface area contributed by atoms with Gasteiger partial charge in [0.2, 0.25) is 0 Å². The Hall–Kier alpha value is -0.370. The first-order valence-electron chi connectivity index (χ1n) is 5.41. The van der Waals surface area contributed by atoms with Gasteiger partial charge in [0.05, 0.1) is 0 Å². The van der Waals surface area contributed by atoms with Crippen molar-refractivity contribution in [2.45, 2.75) is 52.6 Å². The molecule has 1 aliphatic heterocycles. The number of Topliss-reactive ketones (excluding diaryl/α,β-unsaturated/α-hetero) is 1. The maximum atomic E-state index is 12.1. The summed E-state index contributed by atoms with van der Waals surface area (Å²) in [6, 6.07) is 0. The maximum absolute atomic E-state index is 12.1. The van der Waals surface area contributed by atoms with Crippen molar-refractivity contribution in [3.05, 3.63) is 0 Å². The molecule has 2 atom stereocenters. The quantitative estimate of drug-likeness (QED) is 0.594. The first-order valence-corrected chi connectivity index (χ1v) is 5.41. The Bertz CT molecular complexity index is 231. The van der Waals surface area contributed by atoms with Gasteiger partial charge in [0.1, 0.15) is 5.78 Å². The van der Waals surface area contributed by atoms with Crippen molar-refractivity contribution in [1.29, 1.82) is 0 Å². The number of rotatable bonds is 0. The number of likely N-dealkylation sites (tertiary alicyclic amines) is 1. The molecule has 82 valence electrons. The molecule has 0 spiro atoms. The van der Waals surface area contributed by atoms with Crippen LogP contribution < -0.4 is 0 Å². The van der Waals surface area contributed by atoms with E-state index in [9.17, 15) is 4.79 Å².